The van der Waals surface area contributed by atoms with Gasteiger partial charge in [0.1, 0.15) is 0 Å². The van der Waals surface area contributed by atoms with Crippen molar-refractivity contribution in [1.82, 2.24) is 4.90 Å². The molecule has 17 heavy (non-hydrogen) atoms. The number of carbonyl (C=O) groups is 1. The fourth-order valence-electron chi connectivity index (χ4n) is 1.48. The summed E-state index contributed by atoms with van der Waals surface area (Å²) >= 11 is 0. The quantitative estimate of drug-likeness (QED) is 0.526. The van der Waals surface area contributed by atoms with E-state index in [1.54, 1.807) is 11.9 Å². The normalized spacial score (nSPS) is 19.4. The van der Waals surface area contributed by atoms with Crippen LogP contribution in [0.2, 0.25) is 0 Å². The van der Waals surface area contributed by atoms with Crippen LogP contribution in [0.3, 0.4) is 0 Å². The third-order valence-electron chi connectivity index (χ3n) is 2.75. The van der Waals surface area contributed by atoms with E-state index in [4.69, 9.17) is 9.47 Å². The van der Waals surface area contributed by atoms with Crippen molar-refractivity contribution >= 4 is 5.97 Å². The average molecular weight is 242 g/mol. The Bertz CT molecular complexity index is 275. The minimum Gasteiger partial charge on any atom is -0.432 e. The zero-order valence-electron chi connectivity index (χ0n) is 10.1. The van der Waals surface area contributed by atoms with Crippen molar-refractivity contribution in [3.63, 3.8) is 0 Å². The number of nitroso groups, excluding NO2 is 1. The van der Waals surface area contributed by atoms with Gasteiger partial charge in [-0.05, 0) is 26.1 Å². The topological polar surface area (TPSA) is 68.2 Å². The zero-order valence-corrected chi connectivity index (χ0v) is 10.1. The molecule has 0 unspecified atom stereocenters. The van der Waals surface area contributed by atoms with Gasteiger partial charge < -0.3 is 9.47 Å². The summed E-state index contributed by atoms with van der Waals surface area (Å²) in [6.07, 6.45) is 0.619. The summed E-state index contributed by atoms with van der Waals surface area (Å²) in [6, 6.07) is -0.252. The summed E-state index contributed by atoms with van der Waals surface area (Å²) in [6.45, 7) is 8.15. The van der Waals surface area contributed by atoms with Gasteiger partial charge in [0.15, 0.2) is 0 Å². The van der Waals surface area contributed by atoms with E-state index in [0.29, 0.717) is 26.1 Å². The molecule has 0 atom stereocenters. The summed E-state index contributed by atoms with van der Waals surface area (Å²) in [5, 5.41) is 2.95. The van der Waals surface area contributed by atoms with Gasteiger partial charge >= 0.3 is 5.97 Å². The Morgan fingerprint density at radius 1 is 1.53 bits per heavy atom. The standard InChI is InChI=1S/C11H18N2O4/c1-9(2)13(3)8-10(14)17-11(12-15)4-6-16-7-5-11/h9H,1-2,4-8H2,3H3. The Balaban J connectivity index is 2.50. The van der Waals surface area contributed by atoms with Gasteiger partial charge in [-0.15, -0.1) is 4.91 Å². The van der Waals surface area contributed by atoms with Crippen molar-refractivity contribution < 1.29 is 14.3 Å². The van der Waals surface area contributed by atoms with E-state index in [9.17, 15) is 9.70 Å². The number of hydrogen-bond donors (Lipinski definition) is 0. The first-order valence-electron chi connectivity index (χ1n) is 5.49. The van der Waals surface area contributed by atoms with Gasteiger partial charge in [-0.3, -0.25) is 9.69 Å². The molecular weight excluding hydrogens is 224 g/mol. The lowest BCUT2D eigenvalue weighted by Crippen LogP contribution is -2.42. The minimum atomic E-state index is -1.26. The molecule has 1 heterocycles. The highest BCUT2D eigenvalue weighted by Crippen LogP contribution is 2.26. The molecule has 0 aromatic carbocycles. The maximum atomic E-state index is 11.6. The Hall–Kier alpha value is -1.01. The van der Waals surface area contributed by atoms with Crippen LogP contribution in [-0.2, 0) is 14.3 Å². The van der Waals surface area contributed by atoms with E-state index in [1.807, 2.05) is 0 Å². The van der Waals surface area contributed by atoms with Crippen LogP contribution in [0.25, 0.3) is 0 Å². The van der Waals surface area contributed by atoms with Crippen molar-refractivity contribution in [1.29, 1.82) is 0 Å². The molecule has 0 aromatic heterocycles. The Kier molecular flexibility index (Phi) is 5.02. The molecule has 1 fully saturated rings. The third-order valence-corrected chi connectivity index (χ3v) is 2.75. The molecular formula is C11H18N2O4. The second-order valence-corrected chi connectivity index (χ2v) is 4.19. The van der Waals surface area contributed by atoms with E-state index in [2.05, 4.69) is 19.0 Å². The lowest BCUT2D eigenvalue weighted by atomic mass is 10.1. The zero-order chi connectivity index (χ0) is 12.9. The van der Waals surface area contributed by atoms with Crippen molar-refractivity contribution in [2.75, 3.05) is 26.8 Å². The Labute approximate surface area is 101 Å². The predicted molar refractivity (Wildman–Crippen MR) is 61.8 cm³/mol. The van der Waals surface area contributed by atoms with Gasteiger partial charge in [0.05, 0.1) is 19.8 Å². The lowest BCUT2D eigenvalue weighted by Gasteiger charge is -2.30. The molecule has 0 aliphatic carbocycles. The molecule has 6 heteroatoms. The fourth-order valence-corrected chi connectivity index (χ4v) is 1.48. The Morgan fingerprint density at radius 2 is 2.12 bits per heavy atom. The van der Waals surface area contributed by atoms with Crippen LogP contribution in [0.4, 0.5) is 0 Å². The Morgan fingerprint density at radius 3 is 2.59 bits per heavy atom. The van der Waals surface area contributed by atoms with E-state index in [-0.39, 0.29) is 12.6 Å². The average Bonchev–Trinajstić information content (AvgIpc) is 2.29. The maximum absolute atomic E-state index is 11.6. The second-order valence-electron chi connectivity index (χ2n) is 4.19. The molecule has 0 amide bonds. The van der Waals surface area contributed by atoms with Gasteiger partial charge in [0, 0.05) is 18.9 Å². The summed E-state index contributed by atoms with van der Waals surface area (Å²) in [5.74, 6) is -0.494. The first kappa shape index (κ1) is 14.1. The summed E-state index contributed by atoms with van der Waals surface area (Å²) in [5.41, 5.74) is -1.26. The first-order chi connectivity index (χ1) is 7.99. The van der Waals surface area contributed by atoms with Crippen LogP contribution in [0.1, 0.15) is 12.8 Å². The lowest BCUT2D eigenvalue weighted by molar-refractivity contribution is -0.169. The largest absolute Gasteiger partial charge is 0.432 e. The number of esters is 1. The number of nitrogens with zero attached hydrogens (tertiary/aromatic N) is 2. The summed E-state index contributed by atoms with van der Waals surface area (Å²) in [4.78, 5) is 24.1. The molecule has 1 aliphatic rings. The molecule has 0 spiro atoms. The van der Waals surface area contributed by atoms with Crippen LogP contribution < -0.4 is 0 Å². The first-order valence-corrected chi connectivity index (χ1v) is 5.49. The summed E-state index contributed by atoms with van der Waals surface area (Å²) in [7, 11) is 1.71. The van der Waals surface area contributed by atoms with Gasteiger partial charge in [-0.1, -0.05) is 0 Å². The van der Waals surface area contributed by atoms with E-state index in [1.165, 1.54) is 0 Å². The van der Waals surface area contributed by atoms with Crippen LogP contribution >= 0.6 is 0 Å². The van der Waals surface area contributed by atoms with Gasteiger partial charge in [0.2, 0.25) is 5.72 Å². The number of likely N-dealkylation sites (N-methyl/N-ethyl adjacent to an activating group) is 1. The van der Waals surface area contributed by atoms with Crippen molar-refractivity contribution in [2.24, 2.45) is 5.18 Å². The molecule has 1 saturated heterocycles. The molecule has 0 bridgehead atoms. The third kappa shape index (κ3) is 4.05. The van der Waals surface area contributed by atoms with Crippen molar-refractivity contribution in [3.05, 3.63) is 18.8 Å². The van der Waals surface area contributed by atoms with Gasteiger partial charge in [-0.25, -0.2) is 0 Å². The fraction of sp³-hybridized carbons (Fsp3) is 0.727. The number of hydrogen-bond acceptors (Lipinski definition) is 6. The monoisotopic (exact) mass is 242 g/mol. The number of ether oxygens (including phenoxy) is 2. The van der Waals surface area contributed by atoms with Crippen molar-refractivity contribution in [2.45, 2.75) is 24.6 Å². The van der Waals surface area contributed by atoms with Crippen LogP contribution in [0, 0.1) is 18.8 Å². The molecule has 1 aliphatic heterocycles. The van der Waals surface area contributed by atoms with Crippen LogP contribution in [0.5, 0.6) is 0 Å². The van der Waals surface area contributed by atoms with E-state index in [0.717, 1.165) is 0 Å². The summed E-state index contributed by atoms with van der Waals surface area (Å²) < 4.78 is 10.3. The highest BCUT2D eigenvalue weighted by atomic mass is 16.6. The van der Waals surface area contributed by atoms with Crippen molar-refractivity contribution in [3.8, 4) is 0 Å². The van der Waals surface area contributed by atoms with E-state index < -0.39 is 11.7 Å². The maximum Gasteiger partial charge on any atom is 0.322 e. The molecule has 0 N–H and O–H groups in total. The molecule has 2 radical (unpaired) electrons. The molecule has 0 aromatic rings. The molecule has 1 rings (SSSR count). The van der Waals surface area contributed by atoms with Crippen LogP contribution in [0.15, 0.2) is 5.18 Å². The number of carbonyl (C=O) groups excluding carboxylic acids is 1. The van der Waals surface area contributed by atoms with Crippen LogP contribution in [-0.4, -0.2) is 49.4 Å². The number of rotatable bonds is 5. The van der Waals surface area contributed by atoms with Gasteiger partial charge in [-0.2, -0.15) is 0 Å². The second kappa shape index (κ2) is 6.07. The SMILES string of the molecule is [CH2]C([CH2])N(C)CC(=O)OC1(N=O)CCOCC1. The molecule has 96 valence electrons. The van der Waals surface area contributed by atoms with E-state index >= 15 is 0 Å². The predicted octanol–water partition coefficient (Wildman–Crippen LogP) is 0.771. The highest BCUT2D eigenvalue weighted by molar-refractivity contribution is 5.72. The minimum absolute atomic E-state index is 0.0375. The molecule has 6 nitrogen and oxygen atoms in total. The molecule has 0 saturated carbocycles. The smallest absolute Gasteiger partial charge is 0.322 e. The highest BCUT2D eigenvalue weighted by Gasteiger charge is 2.38. The van der Waals surface area contributed by atoms with Gasteiger partial charge in [0.25, 0.3) is 0 Å².